The molecule has 0 radical (unpaired) electrons. The molecule has 1 fully saturated rings. The number of ether oxygens (including phenoxy) is 2. The van der Waals surface area contributed by atoms with Crippen LogP contribution in [0.5, 0.6) is 0 Å². The van der Waals surface area contributed by atoms with Crippen molar-refractivity contribution in [2.24, 2.45) is 0 Å². The standard InChI is InChI=1S/C24H37N7O3/c1-4-6-9-27-24-28-22(25)18(3)23(29-24)31(17-21(32)34-5-2)11-8-19-7-10-26-20(16-19)30-12-14-33-15-13-30/h7,10,16H,4-6,8-9,11-15,17H2,1-3H3,(H3,25,27,28,29). The second-order valence-corrected chi connectivity index (χ2v) is 8.26. The third kappa shape index (κ3) is 7.18. The van der Waals surface area contributed by atoms with E-state index in [1.165, 1.54) is 0 Å². The highest BCUT2D eigenvalue weighted by molar-refractivity contribution is 5.76. The van der Waals surface area contributed by atoms with E-state index in [1.807, 2.05) is 24.1 Å². The van der Waals surface area contributed by atoms with Crippen LogP contribution in [0.25, 0.3) is 0 Å². The van der Waals surface area contributed by atoms with Crippen LogP contribution in [0.2, 0.25) is 0 Å². The number of nitrogen functional groups attached to an aromatic ring is 1. The summed E-state index contributed by atoms with van der Waals surface area (Å²) in [6.45, 7) is 10.6. The summed E-state index contributed by atoms with van der Waals surface area (Å²) in [6.07, 6.45) is 4.61. The maximum absolute atomic E-state index is 12.4. The molecule has 3 rings (SSSR count). The van der Waals surface area contributed by atoms with Gasteiger partial charge in [0.25, 0.3) is 0 Å². The number of carbonyl (C=O) groups is 1. The first-order valence-electron chi connectivity index (χ1n) is 12.1. The highest BCUT2D eigenvalue weighted by Crippen LogP contribution is 2.24. The fourth-order valence-electron chi connectivity index (χ4n) is 3.75. The SMILES string of the molecule is CCCCNc1nc(N)c(C)c(N(CCc2ccnc(N3CCOCC3)c2)CC(=O)OCC)n1. The van der Waals surface area contributed by atoms with Crippen molar-refractivity contribution < 1.29 is 14.3 Å². The number of pyridine rings is 1. The lowest BCUT2D eigenvalue weighted by Gasteiger charge is -2.28. The van der Waals surface area contributed by atoms with Crippen LogP contribution >= 0.6 is 0 Å². The van der Waals surface area contributed by atoms with Crippen molar-refractivity contribution in [2.75, 3.05) is 73.4 Å². The predicted molar refractivity (Wildman–Crippen MR) is 134 cm³/mol. The summed E-state index contributed by atoms with van der Waals surface area (Å²) in [5, 5.41) is 3.24. The van der Waals surface area contributed by atoms with E-state index >= 15 is 0 Å². The fraction of sp³-hybridized carbons (Fsp3) is 0.583. The second-order valence-electron chi connectivity index (χ2n) is 8.26. The van der Waals surface area contributed by atoms with E-state index in [2.05, 4.69) is 33.2 Å². The van der Waals surface area contributed by atoms with Crippen LogP contribution < -0.4 is 20.9 Å². The third-order valence-electron chi connectivity index (χ3n) is 5.71. The Morgan fingerprint density at radius 1 is 1.29 bits per heavy atom. The van der Waals surface area contributed by atoms with Gasteiger partial charge in [0.2, 0.25) is 5.95 Å². The molecular formula is C24H37N7O3. The average Bonchev–Trinajstić information content (AvgIpc) is 2.85. The number of nitrogens with two attached hydrogens (primary N) is 1. The van der Waals surface area contributed by atoms with E-state index in [0.717, 1.165) is 49.4 Å². The molecule has 1 saturated heterocycles. The smallest absolute Gasteiger partial charge is 0.325 e. The Balaban J connectivity index is 1.79. The lowest BCUT2D eigenvalue weighted by Crippen LogP contribution is -2.37. The number of anilines is 4. The van der Waals surface area contributed by atoms with E-state index in [1.54, 1.807) is 6.92 Å². The molecular weight excluding hydrogens is 434 g/mol. The van der Waals surface area contributed by atoms with Gasteiger partial charge in [-0.2, -0.15) is 9.97 Å². The number of hydrogen-bond donors (Lipinski definition) is 2. The van der Waals surface area contributed by atoms with E-state index in [-0.39, 0.29) is 12.5 Å². The number of hydrogen-bond acceptors (Lipinski definition) is 10. The Morgan fingerprint density at radius 3 is 2.82 bits per heavy atom. The van der Waals surface area contributed by atoms with Crippen molar-refractivity contribution in [3.63, 3.8) is 0 Å². The number of esters is 1. The highest BCUT2D eigenvalue weighted by atomic mass is 16.5. The van der Waals surface area contributed by atoms with Gasteiger partial charge < -0.3 is 30.3 Å². The van der Waals surface area contributed by atoms with Crippen molar-refractivity contribution in [3.8, 4) is 0 Å². The normalized spacial score (nSPS) is 13.6. The van der Waals surface area contributed by atoms with Gasteiger partial charge in [0.05, 0.1) is 19.8 Å². The monoisotopic (exact) mass is 471 g/mol. The molecule has 2 aromatic heterocycles. The Morgan fingerprint density at radius 2 is 2.09 bits per heavy atom. The molecule has 10 heteroatoms. The molecule has 2 aromatic rings. The molecule has 1 aliphatic rings. The van der Waals surface area contributed by atoms with Crippen LogP contribution in [-0.4, -0.2) is 73.5 Å². The number of nitrogens with zero attached hydrogens (tertiary/aromatic N) is 5. The third-order valence-corrected chi connectivity index (χ3v) is 5.71. The molecule has 186 valence electrons. The van der Waals surface area contributed by atoms with Crippen LogP contribution in [0, 0.1) is 6.92 Å². The van der Waals surface area contributed by atoms with Crippen LogP contribution in [0.15, 0.2) is 18.3 Å². The Hall–Kier alpha value is -3.14. The Labute approximate surface area is 201 Å². The van der Waals surface area contributed by atoms with Crippen molar-refractivity contribution in [1.29, 1.82) is 0 Å². The lowest BCUT2D eigenvalue weighted by atomic mass is 10.1. The van der Waals surface area contributed by atoms with Crippen LogP contribution in [0.1, 0.15) is 37.8 Å². The number of aromatic nitrogens is 3. The molecule has 1 aliphatic heterocycles. The number of unbranched alkanes of at least 4 members (excludes halogenated alkanes) is 1. The van der Waals surface area contributed by atoms with Gasteiger partial charge in [0, 0.05) is 37.9 Å². The minimum absolute atomic E-state index is 0.0843. The molecule has 0 spiro atoms. The first-order chi connectivity index (χ1) is 16.5. The van der Waals surface area contributed by atoms with Gasteiger partial charge in [-0.25, -0.2) is 4.98 Å². The van der Waals surface area contributed by atoms with E-state index in [0.29, 0.717) is 50.4 Å². The van der Waals surface area contributed by atoms with Crippen LogP contribution in [0.3, 0.4) is 0 Å². The molecule has 0 bridgehead atoms. The van der Waals surface area contributed by atoms with E-state index in [4.69, 9.17) is 20.2 Å². The molecule has 34 heavy (non-hydrogen) atoms. The summed E-state index contributed by atoms with van der Waals surface area (Å²) >= 11 is 0. The van der Waals surface area contributed by atoms with Gasteiger partial charge >= 0.3 is 5.97 Å². The summed E-state index contributed by atoms with van der Waals surface area (Å²) in [5.41, 5.74) is 8.08. The van der Waals surface area contributed by atoms with Gasteiger partial charge in [-0.3, -0.25) is 4.79 Å². The molecule has 10 nitrogen and oxygen atoms in total. The minimum atomic E-state index is -0.302. The number of rotatable bonds is 12. The van der Waals surface area contributed by atoms with E-state index < -0.39 is 0 Å². The molecule has 0 saturated carbocycles. The number of morpholine rings is 1. The van der Waals surface area contributed by atoms with Crippen LogP contribution in [0.4, 0.5) is 23.4 Å². The zero-order valence-electron chi connectivity index (χ0n) is 20.5. The van der Waals surface area contributed by atoms with Crippen molar-refractivity contribution in [2.45, 2.75) is 40.0 Å². The lowest BCUT2D eigenvalue weighted by molar-refractivity contribution is -0.141. The maximum atomic E-state index is 12.4. The molecule has 0 amide bonds. The summed E-state index contributed by atoms with van der Waals surface area (Å²) < 4.78 is 10.7. The van der Waals surface area contributed by atoms with Crippen molar-refractivity contribution in [3.05, 3.63) is 29.5 Å². The topological polar surface area (TPSA) is 119 Å². The highest BCUT2D eigenvalue weighted by Gasteiger charge is 2.20. The molecule has 0 aliphatic carbocycles. The van der Waals surface area contributed by atoms with Gasteiger partial charge in [-0.1, -0.05) is 13.3 Å². The van der Waals surface area contributed by atoms with Gasteiger partial charge in [-0.05, 0) is 44.4 Å². The maximum Gasteiger partial charge on any atom is 0.325 e. The first-order valence-corrected chi connectivity index (χ1v) is 12.1. The quantitative estimate of drug-likeness (QED) is 0.353. The summed E-state index contributed by atoms with van der Waals surface area (Å²) in [4.78, 5) is 30.2. The molecule has 0 unspecified atom stereocenters. The zero-order chi connectivity index (χ0) is 24.3. The molecule has 3 heterocycles. The van der Waals surface area contributed by atoms with Gasteiger partial charge in [-0.15, -0.1) is 0 Å². The zero-order valence-corrected chi connectivity index (χ0v) is 20.5. The Bertz CT molecular complexity index is 935. The van der Waals surface area contributed by atoms with Crippen LogP contribution in [-0.2, 0) is 20.7 Å². The summed E-state index contributed by atoms with van der Waals surface area (Å²) in [7, 11) is 0. The van der Waals surface area contributed by atoms with E-state index in [9.17, 15) is 4.79 Å². The van der Waals surface area contributed by atoms with Crippen molar-refractivity contribution in [1.82, 2.24) is 15.0 Å². The summed E-state index contributed by atoms with van der Waals surface area (Å²) in [6, 6.07) is 4.11. The van der Waals surface area contributed by atoms with Gasteiger partial charge in [0.1, 0.15) is 24.0 Å². The number of carbonyl (C=O) groups excluding carboxylic acids is 1. The molecule has 0 aromatic carbocycles. The molecule has 0 atom stereocenters. The predicted octanol–water partition coefficient (Wildman–Crippen LogP) is 2.42. The number of nitrogens with one attached hydrogen (secondary N) is 1. The van der Waals surface area contributed by atoms with Crippen molar-refractivity contribution >= 4 is 29.4 Å². The minimum Gasteiger partial charge on any atom is -0.465 e. The van der Waals surface area contributed by atoms with Gasteiger partial charge in [0.15, 0.2) is 0 Å². The second kappa shape index (κ2) is 12.9. The Kier molecular flexibility index (Phi) is 9.69. The average molecular weight is 472 g/mol. The first kappa shape index (κ1) is 25.5. The molecule has 3 N–H and O–H groups in total. The summed E-state index contributed by atoms with van der Waals surface area (Å²) in [5.74, 6) is 2.16. The largest absolute Gasteiger partial charge is 0.465 e. The fourth-order valence-corrected chi connectivity index (χ4v) is 3.75.